The summed E-state index contributed by atoms with van der Waals surface area (Å²) >= 11 is 0. The summed E-state index contributed by atoms with van der Waals surface area (Å²) in [6, 6.07) is 9.53. The largest absolute Gasteiger partial charge is 0.460 e. The number of benzene rings is 1. The first-order chi connectivity index (χ1) is 8.19. The van der Waals surface area contributed by atoms with Gasteiger partial charge in [-0.2, -0.15) is 0 Å². The third kappa shape index (κ3) is 4.17. The molecule has 0 fully saturated rings. The van der Waals surface area contributed by atoms with E-state index in [1.165, 1.54) is 14.2 Å². The summed E-state index contributed by atoms with van der Waals surface area (Å²) in [5.74, 6) is -0.781. The highest BCUT2D eigenvalue weighted by Gasteiger charge is 2.24. The van der Waals surface area contributed by atoms with Gasteiger partial charge in [-0.15, -0.1) is 0 Å². The zero-order chi connectivity index (χ0) is 12.7. The predicted molar refractivity (Wildman–Crippen MR) is 63.2 cm³/mol. The van der Waals surface area contributed by atoms with Gasteiger partial charge in [-0.3, -0.25) is 4.79 Å². The lowest BCUT2D eigenvalue weighted by Gasteiger charge is -2.19. The van der Waals surface area contributed by atoms with Crippen LogP contribution in [0.1, 0.15) is 12.5 Å². The van der Waals surface area contributed by atoms with E-state index < -0.39 is 12.2 Å². The van der Waals surface area contributed by atoms with E-state index in [2.05, 4.69) is 0 Å². The molecule has 0 aliphatic carbocycles. The molecule has 0 aliphatic heterocycles. The number of rotatable bonds is 6. The lowest BCUT2D eigenvalue weighted by atomic mass is 10.2. The first-order valence-corrected chi connectivity index (χ1v) is 5.45. The van der Waals surface area contributed by atoms with Gasteiger partial charge in [0.15, 0.2) is 6.29 Å². The van der Waals surface area contributed by atoms with Crippen LogP contribution >= 0.6 is 0 Å². The molecule has 0 aromatic heterocycles. The molecule has 0 N–H and O–H groups in total. The van der Waals surface area contributed by atoms with E-state index in [0.29, 0.717) is 0 Å². The van der Waals surface area contributed by atoms with Crippen molar-refractivity contribution in [2.75, 3.05) is 14.2 Å². The highest BCUT2D eigenvalue weighted by molar-refractivity contribution is 5.72. The molecule has 17 heavy (non-hydrogen) atoms. The second kappa shape index (κ2) is 7.04. The molecular formula is C13H18O4. The van der Waals surface area contributed by atoms with E-state index >= 15 is 0 Å². The second-order valence-corrected chi connectivity index (χ2v) is 3.72. The number of esters is 1. The molecule has 4 nitrogen and oxygen atoms in total. The molecule has 0 saturated heterocycles. The fraction of sp³-hybridized carbons (Fsp3) is 0.462. The van der Waals surface area contributed by atoms with Crippen LogP contribution in [0.4, 0.5) is 0 Å². The molecule has 1 rings (SSSR count). The van der Waals surface area contributed by atoms with Crippen LogP contribution in [0.15, 0.2) is 30.3 Å². The molecule has 0 aliphatic rings. The van der Waals surface area contributed by atoms with Crippen LogP contribution in [-0.2, 0) is 25.6 Å². The third-order valence-corrected chi connectivity index (χ3v) is 2.47. The van der Waals surface area contributed by atoms with Crippen molar-refractivity contribution in [3.05, 3.63) is 35.9 Å². The topological polar surface area (TPSA) is 44.8 Å². The van der Waals surface area contributed by atoms with Gasteiger partial charge < -0.3 is 14.2 Å². The summed E-state index contributed by atoms with van der Waals surface area (Å²) in [5, 5.41) is 0. The van der Waals surface area contributed by atoms with E-state index in [0.717, 1.165) is 5.56 Å². The van der Waals surface area contributed by atoms with Gasteiger partial charge >= 0.3 is 5.97 Å². The van der Waals surface area contributed by atoms with Gasteiger partial charge in [-0.1, -0.05) is 30.3 Å². The maximum absolute atomic E-state index is 11.7. The van der Waals surface area contributed by atoms with Crippen molar-refractivity contribution in [2.45, 2.75) is 19.8 Å². The molecule has 0 bridgehead atoms. The summed E-state index contributed by atoms with van der Waals surface area (Å²) in [4.78, 5) is 11.7. The minimum atomic E-state index is -0.571. The van der Waals surface area contributed by atoms with Crippen LogP contribution in [0, 0.1) is 5.92 Å². The van der Waals surface area contributed by atoms with E-state index in [-0.39, 0.29) is 12.6 Å². The molecule has 1 atom stereocenters. The van der Waals surface area contributed by atoms with Crippen LogP contribution in [0.2, 0.25) is 0 Å². The number of carbonyl (C=O) groups excluding carboxylic acids is 1. The first kappa shape index (κ1) is 13.7. The van der Waals surface area contributed by atoms with E-state index in [1.807, 2.05) is 30.3 Å². The van der Waals surface area contributed by atoms with Crippen molar-refractivity contribution in [3.63, 3.8) is 0 Å². The highest BCUT2D eigenvalue weighted by Crippen LogP contribution is 2.11. The van der Waals surface area contributed by atoms with Gasteiger partial charge in [0, 0.05) is 14.2 Å². The highest BCUT2D eigenvalue weighted by atomic mass is 16.7. The summed E-state index contributed by atoms with van der Waals surface area (Å²) in [6.45, 7) is 1.98. The smallest absolute Gasteiger partial charge is 0.314 e. The van der Waals surface area contributed by atoms with Gasteiger partial charge in [-0.25, -0.2) is 0 Å². The molecule has 1 aromatic rings. The molecule has 0 heterocycles. The van der Waals surface area contributed by atoms with Gasteiger partial charge in [0.05, 0.1) is 0 Å². The molecule has 1 aromatic carbocycles. The Balaban J connectivity index is 2.44. The average molecular weight is 238 g/mol. The summed E-state index contributed by atoms with van der Waals surface area (Å²) < 4.78 is 15.2. The Hall–Kier alpha value is -1.39. The minimum absolute atomic E-state index is 0.268. The monoisotopic (exact) mass is 238 g/mol. The van der Waals surface area contributed by atoms with Crippen LogP contribution < -0.4 is 0 Å². The van der Waals surface area contributed by atoms with Crippen molar-refractivity contribution in [3.8, 4) is 0 Å². The maximum Gasteiger partial charge on any atom is 0.314 e. The normalized spacial score (nSPS) is 12.5. The van der Waals surface area contributed by atoms with E-state index in [4.69, 9.17) is 14.2 Å². The molecular weight excluding hydrogens is 220 g/mol. The zero-order valence-corrected chi connectivity index (χ0v) is 10.4. The molecule has 0 spiro atoms. The lowest BCUT2D eigenvalue weighted by molar-refractivity contribution is -0.175. The van der Waals surface area contributed by atoms with Crippen LogP contribution in [-0.4, -0.2) is 26.5 Å². The first-order valence-electron chi connectivity index (χ1n) is 5.45. The van der Waals surface area contributed by atoms with Crippen LogP contribution in [0.25, 0.3) is 0 Å². The van der Waals surface area contributed by atoms with Crippen molar-refractivity contribution in [1.82, 2.24) is 0 Å². The molecule has 0 radical (unpaired) electrons. The van der Waals surface area contributed by atoms with Gasteiger partial charge in [0.1, 0.15) is 12.5 Å². The van der Waals surface area contributed by atoms with Crippen molar-refractivity contribution < 1.29 is 19.0 Å². The van der Waals surface area contributed by atoms with Gasteiger partial charge in [-0.05, 0) is 12.5 Å². The summed E-state index contributed by atoms with van der Waals surface area (Å²) in [5.41, 5.74) is 0.958. The Labute approximate surface area is 101 Å². The predicted octanol–water partition coefficient (Wildman–Crippen LogP) is 1.98. The minimum Gasteiger partial charge on any atom is -0.460 e. The molecule has 4 heteroatoms. The Morgan fingerprint density at radius 3 is 2.29 bits per heavy atom. The van der Waals surface area contributed by atoms with E-state index in [9.17, 15) is 4.79 Å². The second-order valence-electron chi connectivity index (χ2n) is 3.72. The molecule has 1 unspecified atom stereocenters. The lowest BCUT2D eigenvalue weighted by Crippen LogP contribution is -2.30. The quantitative estimate of drug-likeness (QED) is 0.561. The zero-order valence-electron chi connectivity index (χ0n) is 10.4. The number of methoxy groups -OCH3 is 2. The molecule has 94 valence electrons. The molecule has 0 amide bonds. The standard InChI is InChI=1S/C13H18O4/c1-10(13(15-2)16-3)12(14)17-9-11-7-5-4-6-8-11/h4-8,10,13H,9H2,1-3H3. The van der Waals surface area contributed by atoms with Crippen molar-refractivity contribution in [2.24, 2.45) is 5.92 Å². The molecule has 0 saturated carbocycles. The van der Waals surface area contributed by atoms with Gasteiger partial charge in [0.25, 0.3) is 0 Å². The average Bonchev–Trinajstić information content (AvgIpc) is 2.38. The Morgan fingerprint density at radius 2 is 1.76 bits per heavy atom. The summed E-state index contributed by atoms with van der Waals surface area (Å²) in [6.07, 6.45) is -0.571. The van der Waals surface area contributed by atoms with Crippen LogP contribution in [0.3, 0.4) is 0 Å². The number of hydrogen-bond donors (Lipinski definition) is 0. The number of carbonyl (C=O) groups is 1. The maximum atomic E-state index is 11.7. The Kier molecular flexibility index (Phi) is 5.66. The van der Waals surface area contributed by atoms with Crippen molar-refractivity contribution >= 4 is 5.97 Å². The van der Waals surface area contributed by atoms with Crippen molar-refractivity contribution in [1.29, 1.82) is 0 Å². The van der Waals surface area contributed by atoms with Gasteiger partial charge in [0.2, 0.25) is 0 Å². The summed E-state index contributed by atoms with van der Waals surface area (Å²) in [7, 11) is 2.99. The van der Waals surface area contributed by atoms with E-state index in [1.54, 1.807) is 6.92 Å². The Bertz CT molecular complexity index is 333. The third-order valence-electron chi connectivity index (χ3n) is 2.47. The Morgan fingerprint density at radius 1 is 1.18 bits per heavy atom. The fourth-order valence-electron chi connectivity index (χ4n) is 1.48. The van der Waals surface area contributed by atoms with Crippen LogP contribution in [0.5, 0.6) is 0 Å². The number of hydrogen-bond acceptors (Lipinski definition) is 4. The number of ether oxygens (including phenoxy) is 3. The SMILES string of the molecule is COC(OC)C(C)C(=O)OCc1ccccc1. The fourth-order valence-corrected chi connectivity index (χ4v) is 1.48.